The fourth-order valence-corrected chi connectivity index (χ4v) is 2.61. The van der Waals surface area contributed by atoms with Gasteiger partial charge < -0.3 is 10.5 Å². The van der Waals surface area contributed by atoms with E-state index < -0.39 is 12.1 Å². The monoisotopic (exact) mass is 348 g/mol. The van der Waals surface area contributed by atoms with Crippen LogP contribution in [-0.2, 0) is 18.0 Å². The zero-order chi connectivity index (χ0) is 17.5. The van der Waals surface area contributed by atoms with Gasteiger partial charge in [-0.15, -0.1) is 11.3 Å². The molecule has 1 aromatic carbocycles. The molecule has 2 amide bonds. The van der Waals surface area contributed by atoms with Crippen LogP contribution in [0.4, 0.5) is 9.18 Å². The van der Waals surface area contributed by atoms with Crippen LogP contribution in [0.3, 0.4) is 0 Å². The summed E-state index contributed by atoms with van der Waals surface area (Å²) in [7, 11) is 0. The topological polar surface area (TPSA) is 75.8 Å². The van der Waals surface area contributed by atoms with Crippen LogP contribution in [0.1, 0.15) is 22.2 Å². The predicted octanol–water partition coefficient (Wildman–Crippen LogP) is 3.11. The van der Waals surface area contributed by atoms with Gasteiger partial charge in [0.05, 0.1) is 18.1 Å². The summed E-state index contributed by atoms with van der Waals surface area (Å²) in [6.07, 6.45) is 0. The minimum atomic E-state index is -0.946. The Hall–Kier alpha value is -2.40. The highest BCUT2D eigenvalue weighted by Gasteiger charge is 2.11. The summed E-state index contributed by atoms with van der Waals surface area (Å²) in [6.45, 7) is 2.39. The first-order valence-corrected chi connectivity index (χ1v) is 7.97. The molecular weight excluding hydrogens is 331 g/mol. The minimum Gasteiger partial charge on any atom is -0.371 e. The number of hydrogen-bond acceptors (Lipinski definition) is 4. The number of ether oxygens (including phenoxy) is 1. The van der Waals surface area contributed by atoms with Gasteiger partial charge in [-0.3, -0.25) is 5.21 Å². The molecule has 7 heteroatoms. The summed E-state index contributed by atoms with van der Waals surface area (Å²) in [5, 5.41) is 9.72. The van der Waals surface area contributed by atoms with Gasteiger partial charge in [0.15, 0.2) is 0 Å². The molecule has 126 valence electrons. The lowest BCUT2D eigenvalue weighted by Gasteiger charge is -2.14. The van der Waals surface area contributed by atoms with E-state index in [1.54, 1.807) is 19.1 Å². The van der Waals surface area contributed by atoms with Crippen LogP contribution in [0.15, 0.2) is 36.4 Å². The van der Waals surface area contributed by atoms with Crippen molar-refractivity contribution in [2.45, 2.75) is 26.2 Å². The maximum atomic E-state index is 12.8. The van der Waals surface area contributed by atoms with Crippen LogP contribution >= 0.6 is 11.3 Å². The zero-order valence-corrected chi connectivity index (χ0v) is 13.8. The van der Waals surface area contributed by atoms with Crippen molar-refractivity contribution in [1.29, 1.82) is 0 Å². The van der Waals surface area contributed by atoms with E-state index >= 15 is 0 Å². The minimum absolute atomic E-state index is 0.271. The molecule has 2 aromatic rings. The molecule has 0 radical (unpaired) electrons. The van der Waals surface area contributed by atoms with E-state index in [4.69, 9.17) is 10.5 Å². The zero-order valence-electron chi connectivity index (χ0n) is 13.0. The second-order valence-corrected chi connectivity index (χ2v) is 6.18. The molecular formula is C17H17FN2O3S. The Balaban J connectivity index is 1.85. The lowest BCUT2D eigenvalue weighted by atomic mass is 10.2. The van der Waals surface area contributed by atoms with Crippen LogP contribution in [0.2, 0.25) is 0 Å². The Morgan fingerprint density at radius 2 is 2.04 bits per heavy atom. The van der Waals surface area contributed by atoms with Gasteiger partial charge >= 0.3 is 6.03 Å². The van der Waals surface area contributed by atoms with E-state index in [-0.39, 0.29) is 5.82 Å². The van der Waals surface area contributed by atoms with Crippen molar-refractivity contribution < 1.29 is 19.1 Å². The molecule has 0 aliphatic rings. The third-order valence-electron chi connectivity index (χ3n) is 3.08. The van der Waals surface area contributed by atoms with Crippen molar-refractivity contribution in [2.75, 3.05) is 0 Å². The molecule has 3 N–H and O–H groups in total. The third-order valence-corrected chi connectivity index (χ3v) is 4.06. The average Bonchev–Trinajstić information content (AvgIpc) is 3.01. The Bertz CT molecular complexity index is 749. The third kappa shape index (κ3) is 5.35. The molecule has 0 unspecified atom stereocenters. The van der Waals surface area contributed by atoms with Crippen LogP contribution in [0.5, 0.6) is 0 Å². The number of primary amides is 1. The lowest BCUT2D eigenvalue weighted by molar-refractivity contribution is -0.0536. The standard InChI is InChI=1S/C17H17FN2O3S/c1-12(20(22)17(19)21)2-7-15-8-9-16(24-15)11-23-10-13-3-5-14(18)6-4-13/h3-6,8-9,12,22H,10-11H2,1H3,(H2,19,21)/t12-/m1/s1. The molecule has 1 heterocycles. The van der Waals surface area contributed by atoms with Crippen molar-refractivity contribution in [3.63, 3.8) is 0 Å². The molecule has 0 aliphatic carbocycles. The molecule has 1 atom stereocenters. The Morgan fingerprint density at radius 3 is 2.71 bits per heavy atom. The number of amides is 2. The first kappa shape index (κ1) is 17.9. The second kappa shape index (κ2) is 8.45. The van der Waals surface area contributed by atoms with E-state index in [9.17, 15) is 14.4 Å². The van der Waals surface area contributed by atoms with Crippen LogP contribution < -0.4 is 5.73 Å². The van der Waals surface area contributed by atoms with E-state index in [0.29, 0.717) is 18.3 Å². The van der Waals surface area contributed by atoms with Crippen molar-refractivity contribution in [1.82, 2.24) is 5.06 Å². The summed E-state index contributed by atoms with van der Waals surface area (Å²) in [6, 6.07) is 8.26. The summed E-state index contributed by atoms with van der Waals surface area (Å²) >= 11 is 1.46. The smallest absolute Gasteiger partial charge is 0.339 e. The number of carbonyl (C=O) groups excluding carboxylic acids is 1. The number of nitrogens with two attached hydrogens (primary N) is 1. The number of nitrogens with zero attached hydrogens (tertiary/aromatic N) is 1. The van der Waals surface area contributed by atoms with Gasteiger partial charge in [0.25, 0.3) is 0 Å². The van der Waals surface area contributed by atoms with E-state index in [1.807, 2.05) is 12.1 Å². The highest BCUT2D eigenvalue weighted by Crippen LogP contribution is 2.17. The highest BCUT2D eigenvalue weighted by molar-refractivity contribution is 7.12. The lowest BCUT2D eigenvalue weighted by Crippen LogP contribution is -2.38. The maximum Gasteiger partial charge on any atom is 0.339 e. The van der Waals surface area contributed by atoms with Crippen LogP contribution in [0.25, 0.3) is 0 Å². The van der Waals surface area contributed by atoms with Gasteiger partial charge in [-0.25, -0.2) is 9.18 Å². The normalized spacial score (nSPS) is 11.5. The molecule has 0 spiro atoms. The summed E-state index contributed by atoms with van der Waals surface area (Å²) in [5.74, 6) is 5.35. The van der Waals surface area contributed by atoms with Gasteiger partial charge in [0, 0.05) is 4.88 Å². The first-order chi connectivity index (χ1) is 11.5. The molecule has 0 fully saturated rings. The van der Waals surface area contributed by atoms with Crippen molar-refractivity contribution in [3.05, 3.63) is 57.5 Å². The Morgan fingerprint density at radius 1 is 1.33 bits per heavy atom. The summed E-state index contributed by atoms with van der Waals surface area (Å²) in [4.78, 5) is 12.6. The van der Waals surface area contributed by atoms with E-state index in [1.165, 1.54) is 23.5 Å². The van der Waals surface area contributed by atoms with Gasteiger partial charge in [-0.1, -0.05) is 24.0 Å². The highest BCUT2D eigenvalue weighted by atomic mass is 32.1. The number of halogens is 1. The van der Waals surface area contributed by atoms with Gasteiger partial charge in [-0.05, 0) is 36.8 Å². The number of benzene rings is 1. The SMILES string of the molecule is C[C@H](C#Cc1ccc(COCc2ccc(F)cc2)s1)N(O)C(N)=O. The second-order valence-electron chi connectivity index (χ2n) is 5.01. The number of thiophene rings is 1. The summed E-state index contributed by atoms with van der Waals surface area (Å²) in [5.41, 5.74) is 5.85. The quantitative estimate of drug-likeness (QED) is 0.495. The summed E-state index contributed by atoms with van der Waals surface area (Å²) < 4.78 is 18.4. The molecule has 0 bridgehead atoms. The van der Waals surface area contributed by atoms with Crippen LogP contribution in [0, 0.1) is 17.7 Å². The molecule has 5 nitrogen and oxygen atoms in total. The Kier molecular flexibility index (Phi) is 6.32. The van der Waals surface area contributed by atoms with Crippen molar-refractivity contribution >= 4 is 17.4 Å². The molecule has 2 rings (SSSR count). The molecule has 0 saturated carbocycles. The molecule has 0 saturated heterocycles. The largest absolute Gasteiger partial charge is 0.371 e. The molecule has 0 aliphatic heterocycles. The molecule has 1 aromatic heterocycles. The predicted molar refractivity (Wildman–Crippen MR) is 88.8 cm³/mol. The van der Waals surface area contributed by atoms with Gasteiger partial charge in [0.2, 0.25) is 0 Å². The van der Waals surface area contributed by atoms with Gasteiger partial charge in [-0.2, -0.15) is 5.06 Å². The van der Waals surface area contributed by atoms with Crippen LogP contribution in [-0.4, -0.2) is 22.3 Å². The number of carbonyl (C=O) groups is 1. The number of hydroxylamine groups is 2. The van der Waals surface area contributed by atoms with E-state index in [2.05, 4.69) is 11.8 Å². The number of urea groups is 1. The fourth-order valence-electron chi connectivity index (χ4n) is 1.80. The van der Waals surface area contributed by atoms with Crippen molar-refractivity contribution in [3.8, 4) is 11.8 Å². The van der Waals surface area contributed by atoms with Gasteiger partial charge in [0.1, 0.15) is 11.9 Å². The number of rotatable bonds is 5. The molecule has 24 heavy (non-hydrogen) atoms. The van der Waals surface area contributed by atoms with E-state index in [0.717, 1.165) is 15.3 Å². The average molecular weight is 348 g/mol. The number of hydrogen-bond donors (Lipinski definition) is 2. The first-order valence-electron chi connectivity index (χ1n) is 7.15. The fraction of sp³-hybridized carbons (Fsp3) is 0.235. The Labute approximate surface area is 143 Å². The van der Waals surface area contributed by atoms with Crippen molar-refractivity contribution in [2.24, 2.45) is 5.73 Å². The maximum absolute atomic E-state index is 12.8.